The second kappa shape index (κ2) is 11.1. The lowest BCUT2D eigenvalue weighted by Crippen LogP contribution is -2.34. The lowest BCUT2D eigenvalue weighted by Gasteiger charge is -2.13. The molecule has 3 rings (SSSR count). The van der Waals surface area contributed by atoms with Crippen molar-refractivity contribution >= 4 is 45.5 Å². The summed E-state index contributed by atoms with van der Waals surface area (Å²) in [6.45, 7) is 3.77. The van der Waals surface area contributed by atoms with Gasteiger partial charge in [-0.15, -0.1) is 11.3 Å². The summed E-state index contributed by atoms with van der Waals surface area (Å²) in [5, 5.41) is 5.88. The number of amides is 1. The van der Waals surface area contributed by atoms with Crippen LogP contribution in [0.15, 0.2) is 42.5 Å². The number of ether oxygens (including phenoxy) is 3. The first-order chi connectivity index (χ1) is 16.3. The lowest BCUT2D eigenvalue weighted by molar-refractivity contribution is 0.0529. The van der Waals surface area contributed by atoms with Gasteiger partial charge in [0.2, 0.25) is 0 Å². The first kappa shape index (κ1) is 25.1. The topological polar surface area (TPSA) is 85.9 Å². The number of aryl methyl sites for hydroxylation is 1. The molecule has 0 spiro atoms. The highest BCUT2D eigenvalue weighted by atomic mass is 32.1. The van der Waals surface area contributed by atoms with Gasteiger partial charge in [-0.3, -0.25) is 10.1 Å². The molecule has 0 saturated carbocycles. The minimum absolute atomic E-state index is 0.0139. The molecule has 1 aromatic heterocycles. The first-order valence-corrected chi connectivity index (χ1v) is 11.4. The Morgan fingerprint density at radius 1 is 1.06 bits per heavy atom. The number of nitrogens with one attached hydrogen (secondary N) is 2. The molecular weight excluding hydrogens is 479 g/mol. The molecule has 178 valence electrons. The minimum atomic E-state index is -0.535. The molecule has 0 unspecified atom stereocenters. The van der Waals surface area contributed by atoms with E-state index in [0.717, 1.165) is 10.4 Å². The summed E-state index contributed by atoms with van der Waals surface area (Å²) in [5.41, 5.74) is 1.91. The van der Waals surface area contributed by atoms with Gasteiger partial charge in [-0.05, 0) is 68.0 Å². The molecule has 34 heavy (non-hydrogen) atoms. The van der Waals surface area contributed by atoms with Crippen molar-refractivity contribution in [2.75, 3.05) is 26.1 Å². The van der Waals surface area contributed by atoms with Gasteiger partial charge in [-0.1, -0.05) is 6.07 Å². The molecule has 10 heteroatoms. The maximum Gasteiger partial charge on any atom is 0.341 e. The molecule has 0 radical (unpaired) electrons. The van der Waals surface area contributed by atoms with Crippen molar-refractivity contribution in [3.63, 3.8) is 0 Å². The molecular formula is C24H23FN2O5S2. The first-order valence-electron chi connectivity index (χ1n) is 10.2. The van der Waals surface area contributed by atoms with E-state index in [4.69, 9.17) is 26.4 Å². The quantitative estimate of drug-likeness (QED) is 0.340. The van der Waals surface area contributed by atoms with E-state index < -0.39 is 17.7 Å². The number of anilines is 1. The average Bonchev–Trinajstić information content (AvgIpc) is 3.14. The van der Waals surface area contributed by atoms with Crippen LogP contribution in [0.1, 0.15) is 32.5 Å². The molecule has 2 N–H and O–H groups in total. The van der Waals surface area contributed by atoms with Crippen molar-refractivity contribution in [2.24, 2.45) is 0 Å². The van der Waals surface area contributed by atoms with E-state index >= 15 is 0 Å². The molecule has 7 nitrogen and oxygen atoms in total. The molecule has 0 aliphatic carbocycles. The minimum Gasteiger partial charge on any atom is -0.493 e. The Morgan fingerprint density at radius 3 is 2.35 bits per heavy atom. The van der Waals surface area contributed by atoms with Gasteiger partial charge in [0.15, 0.2) is 16.6 Å². The van der Waals surface area contributed by atoms with Crippen LogP contribution in [-0.2, 0) is 4.74 Å². The zero-order chi connectivity index (χ0) is 24.8. The second-order valence-corrected chi connectivity index (χ2v) is 8.58. The molecule has 1 amide bonds. The van der Waals surface area contributed by atoms with Crippen LogP contribution >= 0.6 is 23.6 Å². The van der Waals surface area contributed by atoms with E-state index in [1.54, 1.807) is 26.2 Å². The van der Waals surface area contributed by atoms with Crippen molar-refractivity contribution in [3.8, 4) is 22.6 Å². The monoisotopic (exact) mass is 502 g/mol. The number of hydrogen-bond donors (Lipinski definition) is 2. The van der Waals surface area contributed by atoms with Crippen molar-refractivity contribution in [2.45, 2.75) is 13.8 Å². The van der Waals surface area contributed by atoms with Gasteiger partial charge in [-0.2, -0.15) is 0 Å². The summed E-state index contributed by atoms with van der Waals surface area (Å²) in [4.78, 5) is 26.2. The van der Waals surface area contributed by atoms with Gasteiger partial charge >= 0.3 is 5.97 Å². The van der Waals surface area contributed by atoms with Gasteiger partial charge in [0.05, 0.1) is 20.8 Å². The predicted octanol–water partition coefficient (Wildman–Crippen LogP) is 5.18. The maximum atomic E-state index is 13.1. The second-order valence-electron chi connectivity index (χ2n) is 6.94. The Bertz CT molecular complexity index is 1220. The molecule has 0 aliphatic heterocycles. The zero-order valence-corrected chi connectivity index (χ0v) is 20.6. The third-order valence-corrected chi connectivity index (χ3v) is 6.02. The highest BCUT2D eigenvalue weighted by Crippen LogP contribution is 2.42. The summed E-state index contributed by atoms with van der Waals surface area (Å²) in [6.07, 6.45) is 0. The summed E-state index contributed by atoms with van der Waals surface area (Å²) in [7, 11) is 3.07. The molecule has 0 aliphatic rings. The van der Waals surface area contributed by atoms with Crippen molar-refractivity contribution in [1.29, 1.82) is 0 Å². The van der Waals surface area contributed by atoms with Crippen LogP contribution in [0.4, 0.5) is 9.39 Å². The zero-order valence-electron chi connectivity index (χ0n) is 19.0. The Kier molecular flexibility index (Phi) is 8.19. The SMILES string of the molecule is CCOC(=O)c1c(NC(=S)NC(=O)c2ccc(F)cc2)sc(C)c1-c1ccc(OC)c(OC)c1. The maximum absolute atomic E-state index is 13.1. The van der Waals surface area contributed by atoms with Crippen molar-refractivity contribution < 1.29 is 28.2 Å². The highest BCUT2D eigenvalue weighted by molar-refractivity contribution is 7.80. The number of hydrogen-bond acceptors (Lipinski definition) is 7. The fourth-order valence-corrected chi connectivity index (χ4v) is 4.61. The Hall–Kier alpha value is -3.50. The fraction of sp³-hybridized carbons (Fsp3) is 0.208. The summed E-state index contributed by atoms with van der Waals surface area (Å²) < 4.78 is 29.1. The molecule has 3 aromatic rings. The van der Waals surface area contributed by atoms with Gasteiger partial charge in [0, 0.05) is 16.0 Å². The number of carbonyl (C=O) groups is 2. The van der Waals surface area contributed by atoms with Gasteiger partial charge in [0.1, 0.15) is 16.4 Å². The fourth-order valence-electron chi connectivity index (χ4n) is 3.28. The number of rotatable bonds is 7. The van der Waals surface area contributed by atoms with Gasteiger partial charge < -0.3 is 19.5 Å². The number of carbonyl (C=O) groups excluding carboxylic acids is 2. The highest BCUT2D eigenvalue weighted by Gasteiger charge is 2.26. The van der Waals surface area contributed by atoms with Gasteiger partial charge in [0.25, 0.3) is 5.91 Å². The number of methoxy groups -OCH3 is 2. The van der Waals surface area contributed by atoms with E-state index in [9.17, 15) is 14.0 Å². The van der Waals surface area contributed by atoms with E-state index in [1.807, 2.05) is 13.0 Å². The molecule has 0 saturated heterocycles. The van der Waals surface area contributed by atoms with Crippen LogP contribution in [0.5, 0.6) is 11.5 Å². The number of thiophene rings is 1. The molecule has 0 bridgehead atoms. The van der Waals surface area contributed by atoms with Crippen molar-refractivity contribution in [3.05, 3.63) is 64.3 Å². The Labute approximate surface area is 205 Å². The summed E-state index contributed by atoms with van der Waals surface area (Å²) in [5.74, 6) is -0.430. The van der Waals surface area contributed by atoms with Crippen molar-refractivity contribution in [1.82, 2.24) is 5.32 Å². The van der Waals surface area contributed by atoms with Crippen LogP contribution in [0.2, 0.25) is 0 Å². The van der Waals surface area contributed by atoms with E-state index in [2.05, 4.69) is 10.6 Å². The third kappa shape index (κ3) is 5.52. The van der Waals surface area contributed by atoms with E-state index in [-0.39, 0.29) is 22.8 Å². The number of benzene rings is 2. The van der Waals surface area contributed by atoms with Crippen LogP contribution in [-0.4, -0.2) is 37.8 Å². The number of halogens is 1. The Morgan fingerprint density at radius 2 is 1.74 bits per heavy atom. The number of thiocarbonyl (C=S) groups is 1. The lowest BCUT2D eigenvalue weighted by atomic mass is 10.0. The normalized spacial score (nSPS) is 10.4. The smallest absolute Gasteiger partial charge is 0.341 e. The van der Waals surface area contributed by atoms with E-state index in [0.29, 0.717) is 22.1 Å². The van der Waals surface area contributed by atoms with E-state index in [1.165, 1.54) is 42.7 Å². The summed E-state index contributed by atoms with van der Waals surface area (Å²) >= 11 is 6.59. The molecule has 0 fully saturated rings. The van der Waals surface area contributed by atoms with Crippen LogP contribution in [0.3, 0.4) is 0 Å². The predicted molar refractivity (Wildman–Crippen MR) is 134 cm³/mol. The van der Waals surface area contributed by atoms with Gasteiger partial charge in [-0.25, -0.2) is 9.18 Å². The third-order valence-electron chi connectivity index (χ3n) is 4.80. The number of esters is 1. The summed E-state index contributed by atoms with van der Waals surface area (Å²) in [6, 6.07) is 10.4. The average molecular weight is 503 g/mol. The standard InChI is InChI=1S/C24H23FN2O5S2/c1-5-32-23(29)20-19(15-8-11-17(30-3)18(12-15)31-4)13(2)34-22(20)27-24(33)26-21(28)14-6-9-16(25)10-7-14/h6-12H,5H2,1-4H3,(H2,26,27,28,33). The van der Waals surface area contributed by atoms with Crippen LogP contribution in [0.25, 0.3) is 11.1 Å². The molecule has 1 heterocycles. The van der Waals surface area contributed by atoms with Crippen LogP contribution < -0.4 is 20.1 Å². The molecule has 2 aromatic carbocycles. The molecule has 0 atom stereocenters. The Balaban J connectivity index is 1.95. The largest absolute Gasteiger partial charge is 0.493 e. The van der Waals surface area contributed by atoms with Crippen LogP contribution in [0, 0.1) is 12.7 Å².